The number of hydrogen-bond donors (Lipinski definition) is 1. The topological polar surface area (TPSA) is 77.4 Å². The molecule has 1 aromatic heterocycles. The lowest BCUT2D eigenvalue weighted by molar-refractivity contribution is 0.996. The van der Waals surface area contributed by atoms with Crippen LogP contribution < -0.4 is 0 Å². The average Bonchev–Trinajstić information content (AvgIpc) is 2.76. The van der Waals surface area contributed by atoms with E-state index in [4.69, 9.17) is 5.53 Å². The fourth-order valence-corrected chi connectivity index (χ4v) is 1.45. The Balaban J connectivity index is 2.05. The van der Waals surface area contributed by atoms with Crippen molar-refractivity contribution in [2.75, 3.05) is 6.54 Å². The third kappa shape index (κ3) is 2.40. The van der Waals surface area contributed by atoms with Crippen molar-refractivity contribution >= 4 is 17.0 Å². The molecular formula is C11H11N5. The van der Waals surface area contributed by atoms with Crippen molar-refractivity contribution in [1.29, 1.82) is 0 Å². The van der Waals surface area contributed by atoms with Crippen LogP contribution in [-0.2, 0) is 0 Å². The van der Waals surface area contributed by atoms with Gasteiger partial charge in [-0.25, -0.2) is 0 Å². The lowest BCUT2D eigenvalue weighted by atomic mass is 10.1. The van der Waals surface area contributed by atoms with Crippen molar-refractivity contribution < 1.29 is 0 Å². The SMILES string of the molecule is [N-]=[N+]=NCCC=Cc1ccc2cn[nH]c2c1. The van der Waals surface area contributed by atoms with Crippen molar-refractivity contribution in [3.8, 4) is 0 Å². The smallest absolute Gasteiger partial charge is 0.0656 e. The van der Waals surface area contributed by atoms with Crippen molar-refractivity contribution in [3.63, 3.8) is 0 Å². The number of nitrogens with zero attached hydrogens (tertiary/aromatic N) is 4. The second-order valence-corrected chi connectivity index (χ2v) is 3.36. The fraction of sp³-hybridized carbons (Fsp3) is 0.182. The number of H-pyrrole nitrogens is 1. The van der Waals surface area contributed by atoms with Crippen molar-refractivity contribution in [3.05, 3.63) is 46.5 Å². The molecule has 0 aliphatic rings. The van der Waals surface area contributed by atoms with E-state index in [0.717, 1.165) is 22.9 Å². The molecule has 0 bridgehead atoms. The Kier molecular flexibility index (Phi) is 3.21. The van der Waals surface area contributed by atoms with Crippen LogP contribution >= 0.6 is 0 Å². The molecule has 0 amide bonds. The van der Waals surface area contributed by atoms with E-state index in [1.807, 2.05) is 30.4 Å². The van der Waals surface area contributed by atoms with E-state index >= 15 is 0 Å². The summed E-state index contributed by atoms with van der Waals surface area (Å²) >= 11 is 0. The summed E-state index contributed by atoms with van der Waals surface area (Å²) in [6.07, 6.45) is 6.55. The Morgan fingerprint density at radius 1 is 1.50 bits per heavy atom. The molecule has 5 nitrogen and oxygen atoms in total. The van der Waals surface area contributed by atoms with Crippen LogP contribution in [0.3, 0.4) is 0 Å². The van der Waals surface area contributed by atoms with E-state index in [1.54, 1.807) is 6.20 Å². The number of benzene rings is 1. The van der Waals surface area contributed by atoms with Gasteiger partial charge >= 0.3 is 0 Å². The van der Waals surface area contributed by atoms with Crippen LogP contribution in [0, 0.1) is 0 Å². The van der Waals surface area contributed by atoms with Gasteiger partial charge in [-0.15, -0.1) is 0 Å². The van der Waals surface area contributed by atoms with Gasteiger partial charge in [0.05, 0.1) is 11.7 Å². The molecule has 5 heteroatoms. The van der Waals surface area contributed by atoms with Crippen molar-refractivity contribution in [1.82, 2.24) is 10.2 Å². The zero-order valence-electron chi connectivity index (χ0n) is 8.67. The zero-order chi connectivity index (χ0) is 11.2. The largest absolute Gasteiger partial charge is 0.278 e. The Bertz CT molecular complexity index is 548. The lowest BCUT2D eigenvalue weighted by Gasteiger charge is -1.93. The minimum Gasteiger partial charge on any atom is -0.278 e. The highest BCUT2D eigenvalue weighted by Crippen LogP contribution is 2.13. The third-order valence-electron chi connectivity index (χ3n) is 2.24. The molecule has 0 unspecified atom stereocenters. The van der Waals surface area contributed by atoms with E-state index in [2.05, 4.69) is 20.2 Å². The van der Waals surface area contributed by atoms with Gasteiger partial charge in [0.15, 0.2) is 0 Å². The molecule has 0 fully saturated rings. The van der Waals surface area contributed by atoms with Gasteiger partial charge in [-0.3, -0.25) is 5.10 Å². The maximum absolute atomic E-state index is 8.10. The first-order valence-corrected chi connectivity index (χ1v) is 5.00. The van der Waals surface area contributed by atoms with E-state index in [1.165, 1.54) is 0 Å². The molecule has 0 saturated heterocycles. The second-order valence-electron chi connectivity index (χ2n) is 3.36. The number of fused-ring (bicyclic) bond motifs is 1. The van der Waals surface area contributed by atoms with Crippen LogP contribution in [0.1, 0.15) is 12.0 Å². The molecule has 2 rings (SSSR count). The molecule has 0 spiro atoms. The minimum atomic E-state index is 0.499. The zero-order valence-corrected chi connectivity index (χ0v) is 8.67. The van der Waals surface area contributed by atoms with Crippen LogP contribution in [0.5, 0.6) is 0 Å². The molecule has 0 saturated carbocycles. The summed E-state index contributed by atoms with van der Waals surface area (Å²) in [5, 5.41) is 11.4. The summed E-state index contributed by atoms with van der Waals surface area (Å²) in [6, 6.07) is 6.08. The van der Waals surface area contributed by atoms with E-state index in [-0.39, 0.29) is 0 Å². The summed E-state index contributed by atoms with van der Waals surface area (Å²) in [7, 11) is 0. The molecule has 1 aromatic carbocycles. The molecule has 0 radical (unpaired) electrons. The Hall–Kier alpha value is -2.26. The number of azide groups is 1. The molecule has 80 valence electrons. The highest BCUT2D eigenvalue weighted by Gasteiger charge is 1.94. The summed E-state index contributed by atoms with van der Waals surface area (Å²) in [5.74, 6) is 0. The number of aromatic nitrogens is 2. The quantitative estimate of drug-likeness (QED) is 0.359. The van der Waals surface area contributed by atoms with Crippen LogP contribution in [0.25, 0.3) is 27.4 Å². The molecule has 1 heterocycles. The Morgan fingerprint density at radius 2 is 2.44 bits per heavy atom. The van der Waals surface area contributed by atoms with E-state index < -0.39 is 0 Å². The molecule has 0 atom stereocenters. The predicted molar refractivity (Wildman–Crippen MR) is 63.8 cm³/mol. The summed E-state index contributed by atoms with van der Waals surface area (Å²) < 4.78 is 0. The lowest BCUT2D eigenvalue weighted by Crippen LogP contribution is -1.75. The fourth-order valence-electron chi connectivity index (χ4n) is 1.45. The van der Waals surface area contributed by atoms with Gasteiger partial charge in [0.1, 0.15) is 0 Å². The van der Waals surface area contributed by atoms with Crippen LogP contribution in [0.4, 0.5) is 0 Å². The van der Waals surface area contributed by atoms with E-state index in [0.29, 0.717) is 6.54 Å². The summed E-state index contributed by atoms with van der Waals surface area (Å²) in [6.45, 7) is 0.499. The Morgan fingerprint density at radius 3 is 3.31 bits per heavy atom. The number of rotatable bonds is 4. The molecule has 2 aromatic rings. The van der Waals surface area contributed by atoms with Gasteiger partial charge in [-0.05, 0) is 23.6 Å². The van der Waals surface area contributed by atoms with Crippen molar-refractivity contribution in [2.24, 2.45) is 5.11 Å². The number of hydrogen-bond acceptors (Lipinski definition) is 2. The van der Waals surface area contributed by atoms with Gasteiger partial charge in [0, 0.05) is 16.8 Å². The monoisotopic (exact) mass is 213 g/mol. The first kappa shape index (κ1) is 10.3. The van der Waals surface area contributed by atoms with Crippen LogP contribution in [-0.4, -0.2) is 16.7 Å². The van der Waals surface area contributed by atoms with Crippen molar-refractivity contribution in [2.45, 2.75) is 6.42 Å². The second kappa shape index (κ2) is 5.00. The standard InChI is InChI=1S/C11H11N5/c12-16-13-6-2-1-3-9-4-5-10-8-14-15-11(10)7-9/h1,3-5,7-8H,2,6H2,(H,14,15). The normalized spacial score (nSPS) is 10.8. The predicted octanol–water partition coefficient (Wildman–Crippen LogP) is 3.28. The van der Waals surface area contributed by atoms with Gasteiger partial charge < -0.3 is 0 Å². The van der Waals surface area contributed by atoms with Gasteiger partial charge in [0.25, 0.3) is 0 Å². The molecule has 16 heavy (non-hydrogen) atoms. The first-order valence-electron chi connectivity index (χ1n) is 5.00. The summed E-state index contributed by atoms with van der Waals surface area (Å²) in [4.78, 5) is 2.69. The molecular weight excluding hydrogens is 202 g/mol. The highest BCUT2D eigenvalue weighted by molar-refractivity contribution is 5.80. The number of aromatic amines is 1. The first-order chi connectivity index (χ1) is 7.90. The summed E-state index contributed by atoms with van der Waals surface area (Å²) in [5.41, 5.74) is 10.2. The minimum absolute atomic E-state index is 0.499. The van der Waals surface area contributed by atoms with Gasteiger partial charge in [-0.2, -0.15) is 5.10 Å². The molecule has 0 aliphatic heterocycles. The highest BCUT2D eigenvalue weighted by atomic mass is 15.1. The maximum Gasteiger partial charge on any atom is 0.0656 e. The van der Waals surface area contributed by atoms with Crippen LogP contribution in [0.2, 0.25) is 0 Å². The maximum atomic E-state index is 8.10. The third-order valence-corrected chi connectivity index (χ3v) is 2.24. The molecule has 1 N–H and O–H groups in total. The van der Waals surface area contributed by atoms with Gasteiger partial charge in [0.2, 0.25) is 0 Å². The van der Waals surface area contributed by atoms with Crippen LogP contribution in [0.15, 0.2) is 35.6 Å². The number of nitrogens with one attached hydrogen (secondary N) is 1. The Labute approximate surface area is 92.4 Å². The molecule has 0 aliphatic carbocycles. The van der Waals surface area contributed by atoms with E-state index in [9.17, 15) is 0 Å². The van der Waals surface area contributed by atoms with Gasteiger partial charge in [-0.1, -0.05) is 29.4 Å². The average molecular weight is 213 g/mol.